The summed E-state index contributed by atoms with van der Waals surface area (Å²) in [6.45, 7) is 0. The molecule has 1 aliphatic rings. The molecule has 12 rings (SSSR count). The van der Waals surface area contributed by atoms with E-state index in [0.29, 0.717) is 0 Å². The van der Waals surface area contributed by atoms with E-state index < -0.39 is 5.41 Å². The van der Waals surface area contributed by atoms with Crippen LogP contribution in [0.25, 0.3) is 66.4 Å². The van der Waals surface area contributed by atoms with E-state index >= 15 is 0 Å². The Kier molecular flexibility index (Phi) is 8.76. The van der Waals surface area contributed by atoms with E-state index in [1.165, 1.54) is 44.5 Å². The van der Waals surface area contributed by atoms with Crippen LogP contribution in [0.15, 0.2) is 253 Å². The lowest BCUT2D eigenvalue weighted by Gasteiger charge is -2.33. The third-order valence-corrected chi connectivity index (χ3v) is 12.9. The first-order chi connectivity index (χ1) is 31.3. The van der Waals surface area contributed by atoms with Gasteiger partial charge in [0.15, 0.2) is 0 Å². The van der Waals surface area contributed by atoms with Gasteiger partial charge in [-0.3, -0.25) is 0 Å². The Balaban J connectivity index is 0.978. The highest BCUT2D eigenvalue weighted by molar-refractivity contribution is 6.09. The van der Waals surface area contributed by atoms with Crippen LogP contribution in [-0.4, -0.2) is 0 Å². The second-order valence-electron chi connectivity index (χ2n) is 16.4. The van der Waals surface area contributed by atoms with Gasteiger partial charge in [0.25, 0.3) is 0 Å². The Morgan fingerprint density at radius 1 is 0.317 bits per heavy atom. The Morgan fingerprint density at radius 2 is 0.857 bits per heavy atom. The molecule has 0 amide bonds. The zero-order chi connectivity index (χ0) is 41.7. The highest BCUT2D eigenvalue weighted by Gasteiger charge is 2.46. The van der Waals surface area contributed by atoms with Crippen molar-refractivity contribution in [2.45, 2.75) is 5.41 Å². The Bertz CT molecular complexity index is 3420. The van der Waals surface area contributed by atoms with Crippen LogP contribution in [-0.2, 0) is 5.41 Å². The van der Waals surface area contributed by atoms with Gasteiger partial charge in [-0.2, -0.15) is 0 Å². The number of hydrogen-bond acceptors (Lipinski definition) is 2. The van der Waals surface area contributed by atoms with Crippen molar-refractivity contribution >= 4 is 39.0 Å². The molecule has 0 bridgehead atoms. The van der Waals surface area contributed by atoms with Crippen LogP contribution in [0.2, 0.25) is 0 Å². The smallest absolute Gasteiger partial charge is 0.143 e. The van der Waals surface area contributed by atoms with Gasteiger partial charge in [0, 0.05) is 33.3 Å². The maximum atomic E-state index is 6.51. The van der Waals surface area contributed by atoms with E-state index in [-0.39, 0.29) is 0 Å². The van der Waals surface area contributed by atoms with Crippen molar-refractivity contribution in [3.63, 3.8) is 0 Å². The summed E-state index contributed by atoms with van der Waals surface area (Å²) in [5.74, 6) is 0. The number of benzene rings is 10. The van der Waals surface area contributed by atoms with E-state index in [0.717, 1.165) is 61.3 Å². The number of hydrogen-bond donors (Lipinski definition) is 0. The average molecular weight is 804 g/mol. The van der Waals surface area contributed by atoms with Crippen molar-refractivity contribution in [2.75, 3.05) is 4.90 Å². The van der Waals surface area contributed by atoms with Crippen LogP contribution in [0.1, 0.15) is 22.3 Å². The highest BCUT2D eigenvalue weighted by atomic mass is 16.3. The second kappa shape index (κ2) is 15.1. The second-order valence-corrected chi connectivity index (χ2v) is 16.4. The van der Waals surface area contributed by atoms with Crippen molar-refractivity contribution in [2.24, 2.45) is 0 Å². The Hall–Kier alpha value is -8.20. The first-order valence-corrected chi connectivity index (χ1v) is 21.7. The molecule has 0 saturated heterocycles. The van der Waals surface area contributed by atoms with Gasteiger partial charge in [-0.15, -0.1) is 0 Å². The molecular weight excluding hydrogens is 763 g/mol. The highest BCUT2D eigenvalue weighted by Crippen LogP contribution is 2.56. The summed E-state index contributed by atoms with van der Waals surface area (Å²) in [7, 11) is 0. The van der Waals surface area contributed by atoms with Crippen LogP contribution >= 0.6 is 0 Å². The lowest BCUT2D eigenvalue weighted by molar-refractivity contribution is 0.670. The zero-order valence-electron chi connectivity index (χ0n) is 34.5. The van der Waals surface area contributed by atoms with Gasteiger partial charge < -0.3 is 9.32 Å². The number of anilines is 3. The van der Waals surface area contributed by atoms with Crippen molar-refractivity contribution in [1.82, 2.24) is 0 Å². The molecule has 11 aromatic rings. The molecule has 10 aromatic carbocycles. The van der Waals surface area contributed by atoms with Gasteiger partial charge in [0.2, 0.25) is 0 Å². The molecule has 1 aromatic heterocycles. The predicted octanol–water partition coefficient (Wildman–Crippen LogP) is 16.4. The van der Waals surface area contributed by atoms with Crippen LogP contribution in [0.5, 0.6) is 0 Å². The third kappa shape index (κ3) is 5.95. The summed E-state index contributed by atoms with van der Waals surface area (Å²) in [4.78, 5) is 2.38. The summed E-state index contributed by atoms with van der Waals surface area (Å²) in [5.41, 5.74) is 19.2. The summed E-state index contributed by atoms with van der Waals surface area (Å²) in [6.07, 6.45) is 0. The van der Waals surface area contributed by atoms with Gasteiger partial charge in [-0.25, -0.2) is 0 Å². The quantitative estimate of drug-likeness (QED) is 0.152. The van der Waals surface area contributed by atoms with Crippen molar-refractivity contribution < 1.29 is 4.42 Å². The molecule has 0 saturated carbocycles. The van der Waals surface area contributed by atoms with Gasteiger partial charge in [-0.1, -0.05) is 200 Å². The predicted molar refractivity (Wildman–Crippen MR) is 262 cm³/mol. The molecule has 296 valence electrons. The fourth-order valence-corrected chi connectivity index (χ4v) is 10.2. The van der Waals surface area contributed by atoms with Crippen molar-refractivity contribution in [3.05, 3.63) is 271 Å². The lowest BCUT2D eigenvalue weighted by atomic mass is 9.67. The van der Waals surface area contributed by atoms with Gasteiger partial charge in [0.05, 0.1) is 11.1 Å². The monoisotopic (exact) mass is 803 g/mol. The van der Waals surface area contributed by atoms with Crippen LogP contribution in [0, 0.1) is 0 Å². The molecule has 0 N–H and O–H groups in total. The maximum absolute atomic E-state index is 6.51. The van der Waals surface area contributed by atoms with E-state index in [9.17, 15) is 0 Å². The molecule has 1 heterocycles. The zero-order valence-corrected chi connectivity index (χ0v) is 34.5. The standard InChI is InChI=1S/C61H41NO/c1-4-22-46(23-5-1)61(47-24-6-2-7-25-47)56-34-13-10-30-52(56)55-41-43(37-38-57(55)61)42-19-16-20-44(39-42)50-29-11-14-35-58(50)62(48-26-8-3-9-27-48)49-28-17-21-45(40-49)51-32-18-33-54-53-31-12-15-36-59(53)63-60(51)54/h1-41H. The number of fused-ring (bicyclic) bond motifs is 6. The molecule has 0 fully saturated rings. The first kappa shape index (κ1) is 36.6. The minimum atomic E-state index is -0.426. The first-order valence-electron chi connectivity index (χ1n) is 21.7. The molecular formula is C61H41NO. The van der Waals surface area contributed by atoms with E-state index in [1.807, 2.05) is 12.1 Å². The van der Waals surface area contributed by atoms with Crippen LogP contribution < -0.4 is 4.90 Å². The molecule has 1 aliphatic carbocycles. The largest absolute Gasteiger partial charge is 0.455 e. The summed E-state index contributed by atoms with van der Waals surface area (Å²) in [6, 6.07) is 90.1. The van der Waals surface area contributed by atoms with Crippen LogP contribution in [0.3, 0.4) is 0 Å². The van der Waals surface area contributed by atoms with Crippen molar-refractivity contribution in [1.29, 1.82) is 0 Å². The van der Waals surface area contributed by atoms with Gasteiger partial charge in [-0.05, 0) is 104 Å². The molecule has 2 heteroatoms. The Labute approximate surface area is 367 Å². The van der Waals surface area contributed by atoms with Gasteiger partial charge in [0.1, 0.15) is 11.2 Å². The van der Waals surface area contributed by atoms with Crippen molar-refractivity contribution in [3.8, 4) is 44.5 Å². The number of para-hydroxylation sites is 4. The molecule has 0 spiro atoms. The SMILES string of the molecule is c1ccc(N(c2cccc(-c3cccc4c3oc3ccccc34)c2)c2ccccc2-c2cccc(-c3ccc4c(c3)-c3ccccc3C4(c3ccccc3)c3ccccc3)c2)cc1. The Morgan fingerprint density at radius 3 is 1.65 bits per heavy atom. The summed E-state index contributed by atoms with van der Waals surface area (Å²) >= 11 is 0. The molecule has 0 atom stereocenters. The van der Waals surface area contributed by atoms with Gasteiger partial charge >= 0.3 is 0 Å². The maximum Gasteiger partial charge on any atom is 0.143 e. The molecule has 2 nitrogen and oxygen atoms in total. The third-order valence-electron chi connectivity index (χ3n) is 12.9. The number of furan rings is 1. The normalized spacial score (nSPS) is 12.6. The lowest BCUT2D eigenvalue weighted by Crippen LogP contribution is -2.28. The summed E-state index contributed by atoms with van der Waals surface area (Å²) in [5, 5.41) is 2.25. The minimum Gasteiger partial charge on any atom is -0.455 e. The average Bonchev–Trinajstić information content (AvgIpc) is 3.89. The fourth-order valence-electron chi connectivity index (χ4n) is 10.2. The van der Waals surface area contributed by atoms with E-state index in [4.69, 9.17) is 4.42 Å². The molecule has 0 aliphatic heterocycles. The molecule has 0 radical (unpaired) electrons. The van der Waals surface area contributed by atoms with Crippen LogP contribution in [0.4, 0.5) is 17.1 Å². The fraction of sp³-hybridized carbons (Fsp3) is 0.0164. The summed E-state index contributed by atoms with van der Waals surface area (Å²) < 4.78 is 6.51. The molecule has 63 heavy (non-hydrogen) atoms. The number of nitrogens with zero attached hydrogens (tertiary/aromatic N) is 1. The van der Waals surface area contributed by atoms with E-state index in [2.05, 4.69) is 241 Å². The van der Waals surface area contributed by atoms with E-state index in [1.54, 1.807) is 0 Å². The number of rotatable bonds is 8. The minimum absolute atomic E-state index is 0.426. The molecule has 0 unspecified atom stereocenters. The topological polar surface area (TPSA) is 16.4 Å².